The zero-order valence-electron chi connectivity index (χ0n) is 17.3. The van der Waals surface area contributed by atoms with Crippen LogP contribution < -0.4 is 19.5 Å². The van der Waals surface area contributed by atoms with Crippen molar-refractivity contribution >= 4 is 15.7 Å². The van der Waals surface area contributed by atoms with E-state index < -0.39 is 21.0 Å². The Morgan fingerprint density at radius 1 is 0.968 bits per heavy atom. The molecule has 2 aromatic carbocycles. The van der Waals surface area contributed by atoms with Gasteiger partial charge in [-0.3, -0.25) is 4.79 Å². The third-order valence-corrected chi connectivity index (χ3v) is 6.76. The van der Waals surface area contributed by atoms with Crippen LogP contribution in [0.5, 0.6) is 17.2 Å². The van der Waals surface area contributed by atoms with Crippen molar-refractivity contribution in [3.05, 3.63) is 72.2 Å². The van der Waals surface area contributed by atoms with Crippen LogP contribution in [0.15, 0.2) is 70.2 Å². The van der Waals surface area contributed by atoms with Crippen molar-refractivity contribution in [1.29, 1.82) is 0 Å². The molecule has 3 aromatic rings. The molecule has 0 aliphatic heterocycles. The molecule has 0 spiro atoms. The van der Waals surface area contributed by atoms with Gasteiger partial charge in [-0.05, 0) is 36.4 Å². The molecule has 164 valence electrons. The first-order chi connectivity index (χ1) is 14.9. The molecule has 0 radical (unpaired) electrons. The average Bonchev–Trinajstić information content (AvgIpc) is 3.32. The summed E-state index contributed by atoms with van der Waals surface area (Å²) in [6, 6.07) is 14.2. The number of nitrogens with one attached hydrogen (secondary N) is 1. The molecule has 1 heterocycles. The third kappa shape index (κ3) is 4.66. The number of benzene rings is 2. The van der Waals surface area contributed by atoms with Gasteiger partial charge in [-0.2, -0.15) is 0 Å². The van der Waals surface area contributed by atoms with E-state index in [-0.39, 0.29) is 22.8 Å². The summed E-state index contributed by atoms with van der Waals surface area (Å²) in [7, 11) is 0.530. The maximum Gasteiger partial charge on any atom is 0.251 e. The predicted molar refractivity (Wildman–Crippen MR) is 114 cm³/mol. The van der Waals surface area contributed by atoms with Gasteiger partial charge in [0.25, 0.3) is 5.91 Å². The molecule has 9 heteroatoms. The van der Waals surface area contributed by atoms with Crippen LogP contribution >= 0.6 is 0 Å². The van der Waals surface area contributed by atoms with Crippen LogP contribution in [0.25, 0.3) is 0 Å². The first-order valence-electron chi connectivity index (χ1n) is 9.33. The number of methoxy groups -OCH3 is 3. The molecular formula is C22H23NO7S. The Bertz CT molecular complexity index is 1100. The summed E-state index contributed by atoms with van der Waals surface area (Å²) in [4.78, 5) is 13.0. The van der Waals surface area contributed by atoms with E-state index in [9.17, 15) is 13.2 Å². The van der Waals surface area contributed by atoms with Gasteiger partial charge in [0.15, 0.2) is 21.3 Å². The van der Waals surface area contributed by atoms with E-state index in [2.05, 4.69) is 5.32 Å². The summed E-state index contributed by atoms with van der Waals surface area (Å²) >= 11 is 0. The highest BCUT2D eigenvalue weighted by molar-refractivity contribution is 7.91. The Labute approximate surface area is 180 Å². The molecule has 0 aliphatic rings. The van der Waals surface area contributed by atoms with Gasteiger partial charge in [0.1, 0.15) is 11.0 Å². The summed E-state index contributed by atoms with van der Waals surface area (Å²) < 4.78 is 47.6. The van der Waals surface area contributed by atoms with Crippen molar-refractivity contribution < 1.29 is 31.8 Å². The number of sulfone groups is 1. The molecule has 1 aromatic heterocycles. The van der Waals surface area contributed by atoms with Crippen LogP contribution in [0.1, 0.15) is 21.4 Å². The van der Waals surface area contributed by atoms with Gasteiger partial charge in [0.05, 0.1) is 32.5 Å². The average molecular weight is 445 g/mol. The lowest BCUT2D eigenvalue weighted by molar-refractivity contribution is 0.0952. The lowest BCUT2D eigenvalue weighted by atomic mass is 10.1. The summed E-state index contributed by atoms with van der Waals surface area (Å²) in [6.45, 7) is -0.194. The fourth-order valence-electron chi connectivity index (χ4n) is 3.11. The molecule has 8 nitrogen and oxygen atoms in total. The zero-order valence-corrected chi connectivity index (χ0v) is 18.1. The number of furan rings is 1. The van der Waals surface area contributed by atoms with Crippen molar-refractivity contribution in [2.24, 2.45) is 0 Å². The topological polar surface area (TPSA) is 104 Å². The molecular weight excluding hydrogens is 422 g/mol. The quantitative estimate of drug-likeness (QED) is 0.539. The maximum absolute atomic E-state index is 13.2. The van der Waals surface area contributed by atoms with E-state index >= 15 is 0 Å². The number of carbonyl (C=O) groups excluding carboxylic acids is 1. The number of hydrogen-bond donors (Lipinski definition) is 1. The van der Waals surface area contributed by atoms with E-state index in [1.54, 1.807) is 30.3 Å². The normalized spacial score (nSPS) is 12.1. The second kappa shape index (κ2) is 9.57. The molecule has 1 N–H and O–H groups in total. The Balaban J connectivity index is 1.89. The van der Waals surface area contributed by atoms with Gasteiger partial charge in [0.2, 0.25) is 5.75 Å². The number of carbonyl (C=O) groups is 1. The van der Waals surface area contributed by atoms with Gasteiger partial charge >= 0.3 is 0 Å². The van der Waals surface area contributed by atoms with E-state index in [4.69, 9.17) is 18.6 Å². The third-order valence-electron chi connectivity index (χ3n) is 4.68. The summed E-state index contributed by atoms with van der Waals surface area (Å²) in [6.07, 6.45) is 1.39. The molecule has 0 fully saturated rings. The highest BCUT2D eigenvalue weighted by Crippen LogP contribution is 2.38. The highest BCUT2D eigenvalue weighted by Gasteiger charge is 2.32. The van der Waals surface area contributed by atoms with Gasteiger partial charge in [-0.25, -0.2) is 8.42 Å². The summed E-state index contributed by atoms with van der Waals surface area (Å²) in [5.74, 6) is 0.702. The molecule has 0 saturated carbocycles. The van der Waals surface area contributed by atoms with Gasteiger partial charge in [0, 0.05) is 12.1 Å². The predicted octanol–water partition coefficient (Wildman–Crippen LogP) is 3.25. The monoisotopic (exact) mass is 445 g/mol. The standard InChI is InChI=1S/C22H23NO7S/c1-27-18-12-15(13-19(28-2)21(18)29-3)22(24)23-14-20(17-10-7-11-30-17)31(25,26)16-8-5-4-6-9-16/h4-13,20H,14H2,1-3H3,(H,23,24). The molecule has 1 atom stereocenters. The van der Waals surface area contributed by atoms with Crippen molar-refractivity contribution in [3.63, 3.8) is 0 Å². The summed E-state index contributed by atoms with van der Waals surface area (Å²) in [5, 5.41) is 1.57. The fourth-order valence-corrected chi connectivity index (χ4v) is 4.72. The van der Waals surface area contributed by atoms with Crippen molar-refractivity contribution in [2.45, 2.75) is 10.1 Å². The maximum atomic E-state index is 13.2. The molecule has 3 rings (SSSR count). The minimum Gasteiger partial charge on any atom is -0.493 e. The number of hydrogen-bond acceptors (Lipinski definition) is 7. The number of amides is 1. The Hall–Kier alpha value is -3.46. The first-order valence-corrected chi connectivity index (χ1v) is 10.9. The van der Waals surface area contributed by atoms with Gasteiger partial charge < -0.3 is 23.9 Å². The second-order valence-electron chi connectivity index (χ2n) is 6.49. The molecule has 1 unspecified atom stereocenters. The van der Waals surface area contributed by atoms with Crippen LogP contribution in [-0.4, -0.2) is 42.2 Å². The molecule has 0 aliphatic carbocycles. The van der Waals surface area contributed by atoms with E-state index in [0.29, 0.717) is 17.2 Å². The Morgan fingerprint density at radius 2 is 1.61 bits per heavy atom. The first kappa shape index (κ1) is 22.2. The van der Waals surface area contributed by atoms with E-state index in [0.717, 1.165) is 0 Å². The lowest BCUT2D eigenvalue weighted by Crippen LogP contribution is -2.31. The van der Waals surface area contributed by atoms with Gasteiger partial charge in [-0.1, -0.05) is 18.2 Å². The Kier molecular flexibility index (Phi) is 6.86. The number of rotatable bonds is 9. The van der Waals surface area contributed by atoms with Crippen molar-refractivity contribution in [2.75, 3.05) is 27.9 Å². The van der Waals surface area contributed by atoms with Crippen molar-refractivity contribution in [1.82, 2.24) is 5.32 Å². The zero-order chi connectivity index (χ0) is 22.4. The molecule has 0 saturated heterocycles. The van der Waals surface area contributed by atoms with Crippen LogP contribution in [0.4, 0.5) is 0 Å². The minimum absolute atomic E-state index is 0.137. The van der Waals surface area contributed by atoms with E-state index in [1.807, 2.05) is 0 Å². The second-order valence-corrected chi connectivity index (χ2v) is 8.62. The SMILES string of the molecule is COc1cc(C(=O)NCC(c2ccco2)S(=O)(=O)c2ccccc2)cc(OC)c1OC. The largest absolute Gasteiger partial charge is 0.493 e. The van der Waals surface area contributed by atoms with Crippen molar-refractivity contribution in [3.8, 4) is 17.2 Å². The minimum atomic E-state index is -3.82. The molecule has 31 heavy (non-hydrogen) atoms. The van der Waals surface area contributed by atoms with Crippen LogP contribution in [0.3, 0.4) is 0 Å². The number of ether oxygens (including phenoxy) is 3. The lowest BCUT2D eigenvalue weighted by Gasteiger charge is -2.18. The highest BCUT2D eigenvalue weighted by atomic mass is 32.2. The van der Waals surface area contributed by atoms with Gasteiger partial charge in [-0.15, -0.1) is 0 Å². The Morgan fingerprint density at radius 3 is 2.13 bits per heavy atom. The van der Waals surface area contributed by atoms with Crippen LogP contribution in [-0.2, 0) is 9.84 Å². The van der Waals surface area contributed by atoms with E-state index in [1.165, 1.54) is 51.9 Å². The molecule has 1 amide bonds. The summed E-state index contributed by atoms with van der Waals surface area (Å²) in [5.41, 5.74) is 0.227. The smallest absolute Gasteiger partial charge is 0.251 e. The molecule has 0 bridgehead atoms. The fraction of sp³-hybridized carbons (Fsp3) is 0.227. The van der Waals surface area contributed by atoms with Crippen LogP contribution in [0.2, 0.25) is 0 Å². The van der Waals surface area contributed by atoms with Crippen LogP contribution in [0, 0.1) is 0 Å².